The van der Waals surface area contributed by atoms with E-state index in [2.05, 4.69) is 39.6 Å². The van der Waals surface area contributed by atoms with Crippen LogP contribution in [-0.2, 0) is 6.42 Å². The number of ether oxygens (including phenoxy) is 1. The molecule has 5 heteroatoms. The van der Waals surface area contributed by atoms with Crippen molar-refractivity contribution in [2.45, 2.75) is 25.8 Å². The molecule has 1 atom stereocenters. The Labute approximate surface area is 158 Å². The third kappa shape index (κ3) is 3.13. The van der Waals surface area contributed by atoms with E-state index in [9.17, 15) is 0 Å². The number of aryl methyl sites for hydroxylation is 2. The molecule has 0 fully saturated rings. The maximum atomic E-state index is 6.48. The van der Waals surface area contributed by atoms with E-state index >= 15 is 0 Å². The van der Waals surface area contributed by atoms with Crippen molar-refractivity contribution in [3.05, 3.63) is 70.5 Å². The van der Waals surface area contributed by atoms with Gasteiger partial charge in [-0.05, 0) is 37.0 Å². The molecule has 1 heterocycles. The highest BCUT2D eigenvalue weighted by Crippen LogP contribution is 2.36. The van der Waals surface area contributed by atoms with Gasteiger partial charge in [0.25, 0.3) is 0 Å². The zero-order chi connectivity index (χ0) is 18.1. The number of nitrogens with zero attached hydrogens (tertiary/aromatic N) is 2. The number of nitrogens with one attached hydrogen (secondary N) is 1. The van der Waals surface area contributed by atoms with Crippen LogP contribution in [0.25, 0.3) is 11.3 Å². The first-order valence-corrected chi connectivity index (χ1v) is 9.06. The lowest BCUT2D eigenvalue weighted by Gasteiger charge is -2.16. The molecule has 1 unspecified atom stereocenters. The number of hydrogen-bond donors (Lipinski definition) is 1. The molecule has 4 nitrogen and oxygen atoms in total. The molecule has 0 amide bonds. The second-order valence-electron chi connectivity index (χ2n) is 6.44. The van der Waals surface area contributed by atoms with Gasteiger partial charge < -0.3 is 10.1 Å². The van der Waals surface area contributed by atoms with Gasteiger partial charge in [-0.25, -0.2) is 9.97 Å². The molecule has 1 aliphatic carbocycles. The molecule has 1 N–H and O–H groups in total. The van der Waals surface area contributed by atoms with Crippen molar-refractivity contribution in [3.63, 3.8) is 0 Å². The van der Waals surface area contributed by atoms with Crippen LogP contribution in [-0.4, -0.2) is 17.1 Å². The van der Waals surface area contributed by atoms with Crippen molar-refractivity contribution in [3.8, 4) is 17.0 Å². The van der Waals surface area contributed by atoms with E-state index in [1.54, 1.807) is 7.11 Å². The summed E-state index contributed by atoms with van der Waals surface area (Å²) in [6.45, 7) is 1.89. The van der Waals surface area contributed by atoms with Gasteiger partial charge in [0.15, 0.2) is 0 Å². The Morgan fingerprint density at radius 3 is 2.81 bits per heavy atom. The highest BCUT2D eigenvalue weighted by molar-refractivity contribution is 6.34. The Hall–Kier alpha value is -2.59. The first kappa shape index (κ1) is 16.9. The van der Waals surface area contributed by atoms with Crippen LogP contribution in [0.1, 0.15) is 29.4 Å². The largest absolute Gasteiger partial charge is 0.495 e. The van der Waals surface area contributed by atoms with Gasteiger partial charge in [-0.3, -0.25) is 0 Å². The molecule has 3 aromatic rings. The Bertz CT molecular complexity index is 958. The van der Waals surface area contributed by atoms with Gasteiger partial charge in [0, 0.05) is 11.6 Å². The summed E-state index contributed by atoms with van der Waals surface area (Å²) in [5.74, 6) is 2.16. The molecular formula is C21H20ClN3O. The zero-order valence-electron chi connectivity index (χ0n) is 14.8. The van der Waals surface area contributed by atoms with E-state index in [0.29, 0.717) is 16.6 Å². The average Bonchev–Trinajstić information content (AvgIpc) is 3.04. The van der Waals surface area contributed by atoms with Crippen LogP contribution in [0.4, 0.5) is 5.82 Å². The maximum absolute atomic E-state index is 6.48. The minimum absolute atomic E-state index is 0.272. The molecule has 4 rings (SSSR count). The van der Waals surface area contributed by atoms with Crippen LogP contribution in [0, 0.1) is 6.92 Å². The number of aromatic nitrogens is 2. The van der Waals surface area contributed by atoms with E-state index < -0.39 is 0 Å². The summed E-state index contributed by atoms with van der Waals surface area (Å²) < 4.78 is 5.32. The van der Waals surface area contributed by atoms with Crippen molar-refractivity contribution in [2.75, 3.05) is 12.4 Å². The van der Waals surface area contributed by atoms with Gasteiger partial charge >= 0.3 is 0 Å². The molecule has 1 aliphatic rings. The number of anilines is 1. The Morgan fingerprint density at radius 1 is 1.12 bits per heavy atom. The average molecular weight is 366 g/mol. The number of fused-ring (bicyclic) bond motifs is 1. The van der Waals surface area contributed by atoms with Gasteiger partial charge in [0.05, 0.1) is 23.9 Å². The second-order valence-corrected chi connectivity index (χ2v) is 6.82. The zero-order valence-corrected chi connectivity index (χ0v) is 15.5. The highest BCUT2D eigenvalue weighted by atomic mass is 35.5. The molecule has 2 aromatic carbocycles. The fourth-order valence-electron chi connectivity index (χ4n) is 3.53. The number of methoxy groups -OCH3 is 1. The lowest BCUT2D eigenvalue weighted by molar-refractivity contribution is 0.415. The summed E-state index contributed by atoms with van der Waals surface area (Å²) >= 11 is 6.48. The van der Waals surface area contributed by atoms with Crippen molar-refractivity contribution in [2.24, 2.45) is 0 Å². The molecule has 0 bridgehead atoms. The van der Waals surface area contributed by atoms with Crippen LogP contribution >= 0.6 is 11.6 Å². The van der Waals surface area contributed by atoms with Crippen molar-refractivity contribution < 1.29 is 4.74 Å². The monoisotopic (exact) mass is 365 g/mol. The molecule has 0 aliphatic heterocycles. The smallest absolute Gasteiger partial charge is 0.138 e. The van der Waals surface area contributed by atoms with Gasteiger partial charge in [0.1, 0.15) is 17.4 Å². The molecule has 0 saturated heterocycles. The van der Waals surface area contributed by atoms with Crippen LogP contribution < -0.4 is 10.1 Å². The van der Waals surface area contributed by atoms with Crippen molar-refractivity contribution in [1.82, 2.24) is 9.97 Å². The minimum Gasteiger partial charge on any atom is -0.495 e. The Balaban J connectivity index is 1.68. The van der Waals surface area contributed by atoms with Crippen LogP contribution in [0.3, 0.4) is 0 Å². The normalized spacial score (nSPS) is 15.6. The van der Waals surface area contributed by atoms with Crippen LogP contribution in [0.15, 0.2) is 48.5 Å². The standard InChI is InChI=1S/C21H20ClN3O/c1-13-23-18(16-8-5-9-19(26-2)21(16)22)12-20(24-13)25-17-11-10-14-6-3-4-7-15(14)17/h3-9,12,17H,10-11H2,1-2H3,(H,23,24,25). The predicted octanol–water partition coefficient (Wildman–Crippen LogP) is 5.21. The molecule has 1 aromatic heterocycles. The second kappa shape index (κ2) is 6.96. The molecular weight excluding hydrogens is 346 g/mol. The third-order valence-corrected chi connectivity index (χ3v) is 5.14. The summed E-state index contributed by atoms with van der Waals surface area (Å²) in [4.78, 5) is 9.14. The minimum atomic E-state index is 0.272. The van der Waals surface area contributed by atoms with Gasteiger partial charge in [-0.1, -0.05) is 48.0 Å². The molecule has 0 radical (unpaired) electrons. The summed E-state index contributed by atoms with van der Waals surface area (Å²) in [5.41, 5.74) is 4.39. The van der Waals surface area contributed by atoms with E-state index in [-0.39, 0.29) is 6.04 Å². The van der Waals surface area contributed by atoms with E-state index in [0.717, 1.165) is 29.9 Å². The van der Waals surface area contributed by atoms with E-state index in [1.807, 2.05) is 31.2 Å². The van der Waals surface area contributed by atoms with Crippen molar-refractivity contribution >= 4 is 17.4 Å². The Morgan fingerprint density at radius 2 is 1.96 bits per heavy atom. The van der Waals surface area contributed by atoms with Crippen molar-refractivity contribution in [1.29, 1.82) is 0 Å². The molecule has 0 saturated carbocycles. The number of hydrogen-bond acceptors (Lipinski definition) is 4. The van der Waals surface area contributed by atoms with E-state index in [4.69, 9.17) is 16.3 Å². The number of halogens is 1. The number of rotatable bonds is 4. The SMILES string of the molecule is COc1cccc(-c2cc(NC3CCc4ccccc43)nc(C)n2)c1Cl. The predicted molar refractivity (Wildman–Crippen MR) is 105 cm³/mol. The van der Waals surface area contributed by atoms with Gasteiger partial charge in [-0.2, -0.15) is 0 Å². The highest BCUT2D eigenvalue weighted by Gasteiger charge is 2.22. The molecule has 26 heavy (non-hydrogen) atoms. The van der Waals surface area contributed by atoms with Gasteiger partial charge in [-0.15, -0.1) is 0 Å². The quantitative estimate of drug-likeness (QED) is 0.689. The Kier molecular flexibility index (Phi) is 4.51. The summed E-state index contributed by atoms with van der Waals surface area (Å²) in [5, 5.41) is 4.13. The van der Waals surface area contributed by atoms with Crippen LogP contribution in [0.2, 0.25) is 5.02 Å². The first-order valence-electron chi connectivity index (χ1n) is 8.68. The first-order chi connectivity index (χ1) is 12.7. The lowest BCUT2D eigenvalue weighted by Crippen LogP contribution is -2.09. The number of benzene rings is 2. The topological polar surface area (TPSA) is 47.0 Å². The summed E-state index contributed by atoms with van der Waals surface area (Å²) in [6.07, 6.45) is 2.16. The fourth-order valence-corrected chi connectivity index (χ4v) is 3.83. The fraction of sp³-hybridized carbons (Fsp3) is 0.238. The van der Waals surface area contributed by atoms with Gasteiger partial charge in [0.2, 0.25) is 0 Å². The lowest BCUT2D eigenvalue weighted by atomic mass is 10.1. The van der Waals surface area contributed by atoms with Crippen LogP contribution in [0.5, 0.6) is 5.75 Å². The molecule has 132 valence electrons. The maximum Gasteiger partial charge on any atom is 0.138 e. The molecule has 0 spiro atoms. The summed E-state index contributed by atoms with van der Waals surface area (Å²) in [6, 6.07) is 16.5. The third-order valence-electron chi connectivity index (χ3n) is 4.75. The van der Waals surface area contributed by atoms with E-state index in [1.165, 1.54) is 11.1 Å². The summed E-state index contributed by atoms with van der Waals surface area (Å²) in [7, 11) is 1.61.